The van der Waals surface area contributed by atoms with Gasteiger partial charge in [-0.05, 0) is 19.9 Å². The molecule has 0 aliphatic heterocycles. The summed E-state index contributed by atoms with van der Waals surface area (Å²) in [5.74, 6) is 0. The first-order chi connectivity index (χ1) is 6.72. The molecule has 0 radical (unpaired) electrons. The van der Waals surface area contributed by atoms with Gasteiger partial charge in [-0.2, -0.15) is 5.10 Å². The maximum Gasteiger partial charge on any atom is 0.0865 e. The Morgan fingerprint density at radius 1 is 1.47 bits per heavy atom. The van der Waals surface area contributed by atoms with E-state index in [4.69, 9.17) is 5.73 Å². The van der Waals surface area contributed by atoms with E-state index >= 15 is 0 Å². The summed E-state index contributed by atoms with van der Waals surface area (Å²) in [5, 5.41) is 5.36. The van der Waals surface area contributed by atoms with Crippen molar-refractivity contribution in [2.24, 2.45) is 5.73 Å². The van der Waals surface area contributed by atoms with Gasteiger partial charge in [-0.1, -0.05) is 0 Å². The predicted molar refractivity (Wildman–Crippen MR) is 63.1 cm³/mol. The van der Waals surface area contributed by atoms with Crippen molar-refractivity contribution in [2.75, 3.05) is 0 Å². The summed E-state index contributed by atoms with van der Waals surface area (Å²) in [4.78, 5) is 4.30. The molecule has 2 aromatic rings. The van der Waals surface area contributed by atoms with Crippen LogP contribution in [-0.2, 0) is 6.54 Å². The van der Waals surface area contributed by atoms with E-state index in [-0.39, 0.29) is 18.4 Å². The number of pyridine rings is 1. The fourth-order valence-corrected chi connectivity index (χ4v) is 1.49. The lowest BCUT2D eigenvalue weighted by atomic mass is 10.2. The third kappa shape index (κ3) is 2.11. The SMILES string of the molecule is CCn1ncc2cc(C(C)N)ncc21.Cl. The van der Waals surface area contributed by atoms with Gasteiger partial charge in [0.25, 0.3) is 0 Å². The van der Waals surface area contributed by atoms with Gasteiger partial charge >= 0.3 is 0 Å². The molecule has 4 nitrogen and oxygen atoms in total. The Balaban J connectivity index is 0.00000112. The first-order valence-corrected chi connectivity index (χ1v) is 4.79. The van der Waals surface area contributed by atoms with Gasteiger partial charge in [0.05, 0.1) is 23.6 Å². The van der Waals surface area contributed by atoms with Crippen LogP contribution in [0.2, 0.25) is 0 Å². The van der Waals surface area contributed by atoms with Gasteiger partial charge in [0.1, 0.15) is 0 Å². The fraction of sp³-hybridized carbons (Fsp3) is 0.400. The molecule has 5 heteroatoms. The standard InChI is InChI=1S/C10H14N4.ClH/c1-3-14-10-6-12-9(7(2)11)4-8(10)5-13-14;/h4-7H,3,11H2,1-2H3;1H. The van der Waals surface area contributed by atoms with Crippen LogP contribution in [0.25, 0.3) is 10.9 Å². The average molecular weight is 227 g/mol. The zero-order valence-corrected chi connectivity index (χ0v) is 9.66. The number of nitrogens with two attached hydrogens (primary N) is 1. The molecule has 2 heterocycles. The van der Waals surface area contributed by atoms with Crippen molar-refractivity contribution in [2.45, 2.75) is 26.4 Å². The molecule has 0 saturated heterocycles. The van der Waals surface area contributed by atoms with E-state index in [2.05, 4.69) is 17.0 Å². The highest BCUT2D eigenvalue weighted by Gasteiger charge is 2.05. The van der Waals surface area contributed by atoms with Gasteiger partial charge in [-0.15, -0.1) is 12.4 Å². The minimum absolute atomic E-state index is 0. The van der Waals surface area contributed by atoms with Crippen LogP contribution in [0, 0.1) is 0 Å². The van der Waals surface area contributed by atoms with Crippen molar-refractivity contribution in [3.8, 4) is 0 Å². The Morgan fingerprint density at radius 3 is 2.80 bits per heavy atom. The van der Waals surface area contributed by atoms with Gasteiger partial charge in [0.15, 0.2) is 0 Å². The number of nitrogens with zero attached hydrogens (tertiary/aromatic N) is 3. The van der Waals surface area contributed by atoms with Crippen LogP contribution in [-0.4, -0.2) is 14.8 Å². The lowest BCUT2D eigenvalue weighted by Crippen LogP contribution is -2.07. The van der Waals surface area contributed by atoms with Gasteiger partial charge in [0, 0.05) is 18.0 Å². The molecule has 1 unspecified atom stereocenters. The van der Waals surface area contributed by atoms with E-state index < -0.39 is 0 Å². The number of halogens is 1. The molecule has 82 valence electrons. The first kappa shape index (κ1) is 11.9. The Hall–Kier alpha value is -1.13. The van der Waals surface area contributed by atoms with Crippen molar-refractivity contribution >= 4 is 23.3 Å². The third-order valence-corrected chi connectivity index (χ3v) is 2.32. The van der Waals surface area contributed by atoms with Crippen LogP contribution in [0.3, 0.4) is 0 Å². The van der Waals surface area contributed by atoms with Gasteiger partial charge in [0.2, 0.25) is 0 Å². The van der Waals surface area contributed by atoms with E-state index in [9.17, 15) is 0 Å². The number of aryl methyl sites for hydroxylation is 1. The molecule has 0 saturated carbocycles. The summed E-state index contributed by atoms with van der Waals surface area (Å²) < 4.78 is 1.92. The molecule has 0 amide bonds. The Morgan fingerprint density at radius 2 is 2.20 bits per heavy atom. The van der Waals surface area contributed by atoms with Crippen molar-refractivity contribution in [3.05, 3.63) is 24.2 Å². The largest absolute Gasteiger partial charge is 0.323 e. The highest BCUT2D eigenvalue weighted by molar-refractivity contribution is 5.85. The summed E-state index contributed by atoms with van der Waals surface area (Å²) in [6.45, 7) is 4.85. The molecule has 2 N–H and O–H groups in total. The molecular formula is C10H15ClN4. The molecule has 0 aromatic carbocycles. The number of hydrogen-bond donors (Lipinski definition) is 1. The minimum Gasteiger partial charge on any atom is -0.323 e. The molecule has 0 aliphatic rings. The fourth-order valence-electron chi connectivity index (χ4n) is 1.49. The van der Waals surface area contributed by atoms with Crippen molar-refractivity contribution < 1.29 is 0 Å². The summed E-state index contributed by atoms with van der Waals surface area (Å²) in [5.41, 5.74) is 7.73. The molecule has 15 heavy (non-hydrogen) atoms. The molecular weight excluding hydrogens is 212 g/mol. The van der Waals surface area contributed by atoms with Crippen LogP contribution in [0.15, 0.2) is 18.5 Å². The molecule has 1 atom stereocenters. The number of aromatic nitrogens is 3. The molecule has 2 aromatic heterocycles. The van der Waals surface area contributed by atoms with E-state index in [1.165, 1.54) is 0 Å². The Labute approximate surface area is 94.9 Å². The maximum atomic E-state index is 5.75. The Kier molecular flexibility index (Phi) is 3.66. The zero-order chi connectivity index (χ0) is 10.1. The van der Waals surface area contributed by atoms with E-state index in [0.29, 0.717) is 0 Å². The van der Waals surface area contributed by atoms with Crippen molar-refractivity contribution in [1.29, 1.82) is 0 Å². The highest BCUT2D eigenvalue weighted by Crippen LogP contribution is 2.16. The monoisotopic (exact) mass is 226 g/mol. The highest BCUT2D eigenvalue weighted by atomic mass is 35.5. The molecule has 0 spiro atoms. The second-order valence-corrected chi connectivity index (χ2v) is 3.42. The number of fused-ring (bicyclic) bond motifs is 1. The number of rotatable bonds is 2. The quantitative estimate of drug-likeness (QED) is 0.851. The third-order valence-electron chi connectivity index (χ3n) is 2.32. The maximum absolute atomic E-state index is 5.75. The van der Waals surface area contributed by atoms with Crippen LogP contribution in [0.4, 0.5) is 0 Å². The molecule has 0 bridgehead atoms. The van der Waals surface area contributed by atoms with Crippen LogP contribution < -0.4 is 5.73 Å². The summed E-state index contributed by atoms with van der Waals surface area (Å²) in [6, 6.07) is 1.98. The normalized spacial score (nSPS) is 12.5. The van der Waals surface area contributed by atoms with Crippen molar-refractivity contribution in [1.82, 2.24) is 14.8 Å². The van der Waals surface area contributed by atoms with E-state index in [1.807, 2.05) is 30.1 Å². The van der Waals surface area contributed by atoms with Crippen LogP contribution >= 0.6 is 12.4 Å². The Bertz CT molecular complexity index is 450. The topological polar surface area (TPSA) is 56.7 Å². The van der Waals surface area contributed by atoms with E-state index in [1.54, 1.807) is 0 Å². The smallest absolute Gasteiger partial charge is 0.0865 e. The zero-order valence-electron chi connectivity index (χ0n) is 8.84. The second kappa shape index (κ2) is 4.59. The summed E-state index contributed by atoms with van der Waals surface area (Å²) >= 11 is 0. The molecule has 0 aliphatic carbocycles. The van der Waals surface area contributed by atoms with Gasteiger partial charge in [-0.3, -0.25) is 9.67 Å². The number of hydrogen-bond acceptors (Lipinski definition) is 3. The van der Waals surface area contributed by atoms with Crippen LogP contribution in [0.1, 0.15) is 25.6 Å². The average Bonchev–Trinajstić information content (AvgIpc) is 2.59. The first-order valence-electron chi connectivity index (χ1n) is 4.79. The second-order valence-electron chi connectivity index (χ2n) is 3.42. The summed E-state index contributed by atoms with van der Waals surface area (Å²) in [6.07, 6.45) is 3.69. The lowest BCUT2D eigenvalue weighted by Gasteiger charge is -2.04. The molecule has 0 fully saturated rings. The minimum atomic E-state index is -0.0237. The van der Waals surface area contributed by atoms with E-state index in [0.717, 1.165) is 23.1 Å². The van der Waals surface area contributed by atoms with Crippen LogP contribution in [0.5, 0.6) is 0 Å². The summed E-state index contributed by atoms with van der Waals surface area (Å²) in [7, 11) is 0. The van der Waals surface area contributed by atoms with Gasteiger partial charge in [-0.25, -0.2) is 0 Å². The predicted octanol–water partition coefficient (Wildman–Crippen LogP) is 1.89. The lowest BCUT2D eigenvalue weighted by molar-refractivity contribution is 0.682. The molecule has 2 rings (SSSR count). The van der Waals surface area contributed by atoms with Gasteiger partial charge < -0.3 is 5.73 Å². The van der Waals surface area contributed by atoms with Crippen molar-refractivity contribution in [3.63, 3.8) is 0 Å².